The molecule has 262 valence electrons. The van der Waals surface area contributed by atoms with Crippen LogP contribution in [0.3, 0.4) is 0 Å². The first kappa shape index (κ1) is 35.3. The van der Waals surface area contributed by atoms with Gasteiger partial charge in [-0.25, -0.2) is 0 Å². The molecule has 9 heteroatoms. The molecule has 0 aliphatic carbocycles. The van der Waals surface area contributed by atoms with Crippen molar-refractivity contribution < 1.29 is 23.9 Å². The lowest BCUT2D eigenvalue weighted by molar-refractivity contribution is -0.140. The summed E-state index contributed by atoms with van der Waals surface area (Å²) in [5, 5.41) is 7.19. The summed E-state index contributed by atoms with van der Waals surface area (Å²) in [5.74, 6) is -0.327. The number of anilines is 3. The third-order valence-corrected chi connectivity index (χ3v) is 8.91. The van der Waals surface area contributed by atoms with Crippen molar-refractivity contribution in [1.29, 1.82) is 0 Å². The van der Waals surface area contributed by atoms with Crippen LogP contribution in [0.1, 0.15) is 55.8 Å². The van der Waals surface area contributed by atoms with Crippen molar-refractivity contribution in [1.82, 2.24) is 4.98 Å². The SMILES string of the molecule is COC(=O)CCCc1ccc(-c2cccc(NC(=O)c3cccc(Cc4cc(C)c5ncc(C(N)=O)c(Nc6cccc(OC)c6)c5c4)c3)c2)cc1. The highest BCUT2D eigenvalue weighted by Crippen LogP contribution is 2.33. The first-order valence-electron chi connectivity index (χ1n) is 17.0. The molecule has 0 radical (unpaired) electrons. The molecular formula is C43H40N4O5. The van der Waals surface area contributed by atoms with E-state index in [4.69, 9.17) is 15.2 Å². The fourth-order valence-electron chi connectivity index (χ4n) is 6.26. The number of carbonyl (C=O) groups is 3. The second kappa shape index (κ2) is 16.0. The van der Waals surface area contributed by atoms with E-state index < -0.39 is 5.91 Å². The molecule has 6 rings (SSSR count). The Morgan fingerprint density at radius 2 is 1.54 bits per heavy atom. The minimum Gasteiger partial charge on any atom is -0.497 e. The molecule has 0 saturated heterocycles. The molecule has 5 aromatic carbocycles. The highest BCUT2D eigenvalue weighted by Gasteiger charge is 2.17. The first-order valence-corrected chi connectivity index (χ1v) is 17.0. The predicted octanol–water partition coefficient (Wildman–Crippen LogP) is 8.40. The minimum absolute atomic E-state index is 0.200. The highest BCUT2D eigenvalue weighted by atomic mass is 16.5. The number of aromatic nitrogens is 1. The Morgan fingerprint density at radius 1 is 0.769 bits per heavy atom. The molecule has 0 bridgehead atoms. The van der Waals surface area contributed by atoms with Gasteiger partial charge in [-0.2, -0.15) is 0 Å². The Hall–Kier alpha value is -6.48. The average molecular weight is 693 g/mol. The van der Waals surface area contributed by atoms with E-state index >= 15 is 0 Å². The number of amides is 2. The molecule has 0 aliphatic heterocycles. The number of primary amides is 1. The van der Waals surface area contributed by atoms with E-state index in [2.05, 4.69) is 45.9 Å². The molecular weight excluding hydrogens is 652 g/mol. The van der Waals surface area contributed by atoms with Gasteiger partial charge in [0.25, 0.3) is 11.8 Å². The maximum atomic E-state index is 13.5. The van der Waals surface area contributed by atoms with E-state index in [1.807, 2.05) is 79.7 Å². The number of pyridine rings is 1. The van der Waals surface area contributed by atoms with Gasteiger partial charge < -0.3 is 25.8 Å². The van der Waals surface area contributed by atoms with Crippen LogP contribution in [0.15, 0.2) is 115 Å². The third-order valence-electron chi connectivity index (χ3n) is 8.91. The number of nitrogens with zero attached hydrogens (tertiary/aromatic N) is 1. The van der Waals surface area contributed by atoms with E-state index in [1.54, 1.807) is 13.2 Å². The van der Waals surface area contributed by atoms with Crippen LogP contribution in [0.2, 0.25) is 0 Å². The summed E-state index contributed by atoms with van der Waals surface area (Å²) in [4.78, 5) is 42.0. The van der Waals surface area contributed by atoms with Crippen LogP contribution in [-0.2, 0) is 22.4 Å². The van der Waals surface area contributed by atoms with E-state index in [-0.39, 0.29) is 17.4 Å². The first-order chi connectivity index (χ1) is 25.2. The molecule has 1 aromatic heterocycles. The zero-order valence-electron chi connectivity index (χ0n) is 29.4. The Balaban J connectivity index is 1.19. The van der Waals surface area contributed by atoms with Gasteiger partial charge in [-0.15, -0.1) is 0 Å². The number of fused-ring (bicyclic) bond motifs is 1. The largest absolute Gasteiger partial charge is 0.497 e. The molecule has 0 fully saturated rings. The second-order valence-electron chi connectivity index (χ2n) is 12.6. The van der Waals surface area contributed by atoms with E-state index in [0.717, 1.165) is 62.8 Å². The molecule has 0 atom stereocenters. The van der Waals surface area contributed by atoms with Gasteiger partial charge in [0.05, 0.1) is 31.0 Å². The zero-order chi connectivity index (χ0) is 36.6. The van der Waals surface area contributed by atoms with Gasteiger partial charge in [0.15, 0.2) is 0 Å². The molecule has 9 nitrogen and oxygen atoms in total. The van der Waals surface area contributed by atoms with Crippen LogP contribution >= 0.6 is 0 Å². The van der Waals surface area contributed by atoms with Gasteiger partial charge in [-0.1, -0.05) is 60.7 Å². The van der Waals surface area contributed by atoms with E-state index in [9.17, 15) is 14.4 Å². The van der Waals surface area contributed by atoms with Crippen LogP contribution in [0.5, 0.6) is 5.75 Å². The van der Waals surface area contributed by atoms with Gasteiger partial charge in [0.1, 0.15) is 5.75 Å². The lowest BCUT2D eigenvalue weighted by Crippen LogP contribution is -2.14. The lowest BCUT2D eigenvalue weighted by atomic mass is 9.97. The minimum atomic E-state index is -0.589. The molecule has 4 N–H and O–H groups in total. The molecule has 2 amide bonds. The van der Waals surface area contributed by atoms with Crippen molar-refractivity contribution in [2.75, 3.05) is 24.9 Å². The van der Waals surface area contributed by atoms with Crippen molar-refractivity contribution in [3.8, 4) is 16.9 Å². The number of hydrogen-bond donors (Lipinski definition) is 3. The molecule has 6 aromatic rings. The number of esters is 1. The molecule has 1 heterocycles. The second-order valence-corrected chi connectivity index (χ2v) is 12.6. The van der Waals surface area contributed by atoms with Crippen LogP contribution < -0.4 is 21.1 Å². The molecule has 52 heavy (non-hydrogen) atoms. The smallest absolute Gasteiger partial charge is 0.305 e. The molecule has 0 saturated carbocycles. The monoisotopic (exact) mass is 692 g/mol. The summed E-state index contributed by atoms with van der Waals surface area (Å²) in [5.41, 5.74) is 15.4. The Bertz CT molecular complexity index is 2270. The van der Waals surface area contributed by atoms with Crippen LogP contribution in [0.25, 0.3) is 22.0 Å². The fraction of sp³-hybridized carbons (Fsp3) is 0.163. The standard InChI is InChI=1S/C43H40N4O5/c1-27-20-30(23-37-40(27)45-26-38(42(44)49)41(37)46-35-13-7-14-36(25-35)51-2)21-29-9-4-11-33(22-29)43(50)47-34-12-6-10-32(24-34)31-18-16-28(17-19-31)8-5-15-39(48)52-3/h4,6-7,9-14,16-20,22-26H,5,8,15,21H2,1-3H3,(H2,44,49)(H,45,46)(H,47,50). The van der Waals surface area contributed by atoms with E-state index in [1.165, 1.54) is 13.3 Å². The summed E-state index contributed by atoms with van der Waals surface area (Å²) in [7, 11) is 3.00. The summed E-state index contributed by atoms with van der Waals surface area (Å²) >= 11 is 0. The topological polar surface area (TPSA) is 133 Å². The predicted molar refractivity (Wildman–Crippen MR) is 205 cm³/mol. The lowest BCUT2D eigenvalue weighted by Gasteiger charge is -2.16. The van der Waals surface area contributed by atoms with Gasteiger partial charge >= 0.3 is 5.97 Å². The number of methoxy groups -OCH3 is 2. The van der Waals surface area contributed by atoms with E-state index in [0.29, 0.717) is 35.5 Å². The number of hydrogen-bond acceptors (Lipinski definition) is 7. The number of rotatable bonds is 13. The highest BCUT2D eigenvalue weighted by molar-refractivity contribution is 6.08. The number of aryl methyl sites for hydroxylation is 2. The van der Waals surface area contributed by atoms with Crippen molar-refractivity contribution in [2.24, 2.45) is 5.73 Å². The van der Waals surface area contributed by atoms with Crippen LogP contribution in [0.4, 0.5) is 17.1 Å². The summed E-state index contributed by atoms with van der Waals surface area (Å²) in [6, 6.07) is 35.1. The maximum absolute atomic E-state index is 13.5. The van der Waals surface area contributed by atoms with Gasteiger partial charge in [-0.3, -0.25) is 19.4 Å². The number of nitrogens with two attached hydrogens (primary N) is 1. The number of ether oxygens (including phenoxy) is 2. The normalized spacial score (nSPS) is 10.8. The Morgan fingerprint density at radius 3 is 2.31 bits per heavy atom. The van der Waals surface area contributed by atoms with Gasteiger partial charge in [-0.05, 0) is 102 Å². The van der Waals surface area contributed by atoms with Crippen molar-refractivity contribution >= 4 is 45.7 Å². The number of nitrogens with one attached hydrogen (secondary N) is 2. The van der Waals surface area contributed by atoms with Crippen LogP contribution in [0, 0.1) is 6.92 Å². The number of benzene rings is 5. The summed E-state index contributed by atoms with van der Waals surface area (Å²) in [6.07, 6.45) is 3.97. The summed E-state index contributed by atoms with van der Waals surface area (Å²) < 4.78 is 10.1. The van der Waals surface area contributed by atoms with Crippen molar-refractivity contribution in [3.05, 3.63) is 149 Å². The quantitative estimate of drug-likeness (QED) is 0.104. The zero-order valence-corrected chi connectivity index (χ0v) is 29.4. The maximum Gasteiger partial charge on any atom is 0.305 e. The summed E-state index contributed by atoms with van der Waals surface area (Å²) in [6.45, 7) is 1.98. The van der Waals surface area contributed by atoms with Crippen molar-refractivity contribution in [2.45, 2.75) is 32.6 Å². The van der Waals surface area contributed by atoms with Gasteiger partial charge in [0, 0.05) is 41.0 Å². The Labute approximate surface area is 302 Å². The molecule has 0 unspecified atom stereocenters. The van der Waals surface area contributed by atoms with Crippen molar-refractivity contribution in [3.63, 3.8) is 0 Å². The van der Waals surface area contributed by atoms with Gasteiger partial charge in [0.2, 0.25) is 0 Å². The van der Waals surface area contributed by atoms with Crippen LogP contribution in [-0.4, -0.2) is 37.0 Å². The fourth-order valence-corrected chi connectivity index (χ4v) is 6.26. The number of carbonyl (C=O) groups excluding carboxylic acids is 3. The molecule has 0 spiro atoms. The Kier molecular flexibility index (Phi) is 10.9. The average Bonchev–Trinajstić information content (AvgIpc) is 3.15. The molecule has 0 aliphatic rings. The third kappa shape index (κ3) is 8.45.